The molecule has 0 saturated heterocycles. The van der Waals surface area contributed by atoms with Crippen LogP contribution >= 0.6 is 0 Å². The van der Waals surface area contributed by atoms with Gasteiger partial charge in [-0.3, -0.25) is 0 Å². The number of hydrogen-bond donors (Lipinski definition) is 1. The molecule has 0 atom stereocenters. The summed E-state index contributed by atoms with van der Waals surface area (Å²) in [7, 11) is 0. The Morgan fingerprint density at radius 1 is 1.00 bits per heavy atom. The highest BCUT2D eigenvalue weighted by atomic mass is 16.7. The number of ether oxygens (including phenoxy) is 1. The second kappa shape index (κ2) is 10.8. The van der Waals surface area contributed by atoms with E-state index in [1.165, 1.54) is 51.2 Å². The minimum absolute atomic E-state index is 0.0312. The topological polar surface area (TPSA) is 46.5 Å². The van der Waals surface area contributed by atoms with Gasteiger partial charge < -0.3 is 9.84 Å². The summed E-state index contributed by atoms with van der Waals surface area (Å²) in [6.07, 6.45) is 11.4. The lowest BCUT2D eigenvalue weighted by molar-refractivity contribution is 0.126. The van der Waals surface area contributed by atoms with Gasteiger partial charge in [0, 0.05) is 0 Å². The molecule has 0 unspecified atom stereocenters. The van der Waals surface area contributed by atoms with E-state index in [1.807, 2.05) is 0 Å². The summed E-state index contributed by atoms with van der Waals surface area (Å²) in [5, 5.41) is 8.57. The molecule has 0 bridgehead atoms. The van der Waals surface area contributed by atoms with Crippen molar-refractivity contribution in [1.82, 2.24) is 0 Å². The number of carboxylic acid groups (broad SMARTS) is 1. The molecule has 3 heteroatoms. The third kappa shape index (κ3) is 10.9. The molecule has 0 aromatic rings. The molecule has 0 amide bonds. The Morgan fingerprint density at radius 3 is 1.95 bits per heavy atom. The van der Waals surface area contributed by atoms with Gasteiger partial charge in [-0.1, -0.05) is 72.6 Å². The molecule has 0 spiro atoms. The van der Waals surface area contributed by atoms with Crippen LogP contribution in [0.25, 0.3) is 0 Å². The highest BCUT2D eigenvalue weighted by Crippen LogP contribution is 2.29. The number of carbonyl (C=O) groups is 1. The molecule has 0 rings (SSSR count). The maximum atomic E-state index is 10.5. The predicted molar refractivity (Wildman–Crippen MR) is 83.9 cm³/mol. The Bertz CT molecular complexity index is 287. The zero-order valence-electron chi connectivity index (χ0n) is 13.7. The fraction of sp³-hybridized carbons (Fsp3) is 0.824. The molecule has 20 heavy (non-hydrogen) atoms. The average molecular weight is 284 g/mol. The van der Waals surface area contributed by atoms with Crippen LogP contribution in [0.5, 0.6) is 0 Å². The molecular formula is C17H32O3. The van der Waals surface area contributed by atoms with E-state index >= 15 is 0 Å². The molecular weight excluding hydrogens is 252 g/mol. The second-order valence-electron chi connectivity index (χ2n) is 6.50. The predicted octanol–water partition coefficient (Wildman–Crippen LogP) is 6.14. The van der Waals surface area contributed by atoms with Crippen LogP contribution < -0.4 is 0 Å². The Labute approximate surface area is 124 Å². The summed E-state index contributed by atoms with van der Waals surface area (Å²) in [5.41, 5.74) is 1.04. The molecule has 0 aliphatic rings. The van der Waals surface area contributed by atoms with Crippen LogP contribution in [-0.2, 0) is 4.74 Å². The number of rotatable bonds is 10. The fourth-order valence-corrected chi connectivity index (χ4v) is 2.18. The van der Waals surface area contributed by atoms with E-state index in [4.69, 9.17) is 5.11 Å². The molecule has 0 aliphatic heterocycles. The molecule has 0 radical (unpaired) electrons. The normalized spacial score (nSPS) is 12.5. The van der Waals surface area contributed by atoms with Crippen molar-refractivity contribution in [3.8, 4) is 0 Å². The monoisotopic (exact) mass is 284 g/mol. The molecule has 0 saturated carbocycles. The van der Waals surface area contributed by atoms with Crippen molar-refractivity contribution in [2.75, 3.05) is 0 Å². The lowest BCUT2D eigenvalue weighted by Gasteiger charge is -2.22. The Kier molecular flexibility index (Phi) is 10.2. The van der Waals surface area contributed by atoms with Gasteiger partial charge in [0.25, 0.3) is 0 Å². The Hall–Kier alpha value is -0.990. The van der Waals surface area contributed by atoms with Gasteiger partial charge in [0.2, 0.25) is 0 Å². The zero-order valence-corrected chi connectivity index (χ0v) is 13.7. The molecule has 0 aromatic heterocycles. The highest BCUT2D eigenvalue weighted by molar-refractivity contribution is 5.57. The first-order valence-electron chi connectivity index (χ1n) is 7.97. The van der Waals surface area contributed by atoms with Gasteiger partial charge in [-0.25, -0.2) is 4.79 Å². The van der Waals surface area contributed by atoms with E-state index in [-0.39, 0.29) is 5.41 Å². The van der Waals surface area contributed by atoms with Gasteiger partial charge in [-0.15, -0.1) is 0 Å². The molecule has 0 aliphatic carbocycles. The van der Waals surface area contributed by atoms with Crippen LogP contribution in [-0.4, -0.2) is 11.3 Å². The number of allylic oxidation sites excluding steroid dienone is 1. The first-order chi connectivity index (χ1) is 9.38. The van der Waals surface area contributed by atoms with Crippen molar-refractivity contribution in [2.45, 2.75) is 85.5 Å². The van der Waals surface area contributed by atoms with Crippen molar-refractivity contribution in [1.29, 1.82) is 0 Å². The summed E-state index contributed by atoms with van der Waals surface area (Å²) in [5.74, 6) is 0. The first-order valence-corrected chi connectivity index (χ1v) is 7.97. The molecule has 118 valence electrons. The SMILES string of the molecule is CCCCCCCCCCC(=COC(=O)O)C(C)(C)C. The fourth-order valence-electron chi connectivity index (χ4n) is 2.18. The van der Waals surface area contributed by atoms with Crippen molar-refractivity contribution in [2.24, 2.45) is 5.41 Å². The van der Waals surface area contributed by atoms with Gasteiger partial charge >= 0.3 is 6.16 Å². The molecule has 0 aromatic carbocycles. The van der Waals surface area contributed by atoms with Crippen LogP contribution in [0, 0.1) is 5.41 Å². The minimum Gasteiger partial charge on any atom is -0.449 e. The lowest BCUT2D eigenvalue weighted by Crippen LogP contribution is -2.11. The van der Waals surface area contributed by atoms with E-state index in [9.17, 15) is 4.79 Å². The van der Waals surface area contributed by atoms with Gasteiger partial charge in [0.1, 0.15) is 0 Å². The van der Waals surface area contributed by atoms with Gasteiger partial charge in [-0.2, -0.15) is 0 Å². The van der Waals surface area contributed by atoms with Crippen LogP contribution in [0.4, 0.5) is 4.79 Å². The third-order valence-corrected chi connectivity index (χ3v) is 3.57. The Morgan fingerprint density at radius 2 is 1.50 bits per heavy atom. The van der Waals surface area contributed by atoms with Gasteiger partial charge in [0.15, 0.2) is 0 Å². The molecule has 0 fully saturated rings. The highest BCUT2D eigenvalue weighted by Gasteiger charge is 2.17. The number of hydrogen-bond acceptors (Lipinski definition) is 2. The summed E-state index contributed by atoms with van der Waals surface area (Å²) in [4.78, 5) is 10.5. The van der Waals surface area contributed by atoms with Crippen LogP contribution in [0.1, 0.15) is 85.5 Å². The van der Waals surface area contributed by atoms with Crippen LogP contribution in [0.15, 0.2) is 11.8 Å². The summed E-state index contributed by atoms with van der Waals surface area (Å²) >= 11 is 0. The van der Waals surface area contributed by atoms with Crippen molar-refractivity contribution >= 4 is 6.16 Å². The largest absolute Gasteiger partial charge is 0.510 e. The maximum Gasteiger partial charge on any atom is 0.510 e. The van der Waals surface area contributed by atoms with Gasteiger partial charge in [-0.05, 0) is 23.8 Å². The summed E-state index contributed by atoms with van der Waals surface area (Å²) in [6, 6.07) is 0. The molecule has 0 heterocycles. The smallest absolute Gasteiger partial charge is 0.449 e. The lowest BCUT2D eigenvalue weighted by atomic mass is 9.84. The van der Waals surface area contributed by atoms with Crippen molar-refractivity contribution in [3.63, 3.8) is 0 Å². The van der Waals surface area contributed by atoms with Crippen molar-refractivity contribution in [3.05, 3.63) is 11.8 Å². The third-order valence-electron chi connectivity index (χ3n) is 3.57. The van der Waals surface area contributed by atoms with E-state index in [1.54, 1.807) is 0 Å². The van der Waals surface area contributed by atoms with Gasteiger partial charge in [0.05, 0.1) is 6.26 Å². The van der Waals surface area contributed by atoms with E-state index < -0.39 is 6.16 Å². The van der Waals surface area contributed by atoms with Crippen LogP contribution in [0.2, 0.25) is 0 Å². The quantitative estimate of drug-likeness (QED) is 0.297. The summed E-state index contributed by atoms with van der Waals surface area (Å²) in [6.45, 7) is 8.51. The molecule has 1 N–H and O–H groups in total. The molecule has 3 nitrogen and oxygen atoms in total. The first kappa shape index (κ1) is 19.0. The van der Waals surface area contributed by atoms with E-state index in [0.717, 1.165) is 18.4 Å². The average Bonchev–Trinajstić information content (AvgIpc) is 2.34. The standard InChI is InChI=1S/C17H32O3/c1-5-6-7-8-9-10-11-12-13-15(17(2,3)4)14-20-16(18)19/h14H,5-13H2,1-4H3,(H,18,19). The van der Waals surface area contributed by atoms with Crippen molar-refractivity contribution < 1.29 is 14.6 Å². The van der Waals surface area contributed by atoms with E-state index in [0.29, 0.717) is 0 Å². The minimum atomic E-state index is -1.23. The second-order valence-corrected chi connectivity index (χ2v) is 6.50. The Balaban J connectivity index is 3.87. The number of unbranched alkanes of at least 4 members (excludes halogenated alkanes) is 7. The summed E-state index contributed by atoms with van der Waals surface area (Å²) < 4.78 is 4.61. The van der Waals surface area contributed by atoms with E-state index in [2.05, 4.69) is 32.4 Å². The van der Waals surface area contributed by atoms with Crippen LogP contribution in [0.3, 0.4) is 0 Å². The zero-order chi connectivity index (χ0) is 15.4. The maximum absolute atomic E-state index is 10.5.